The molecule has 0 bridgehead atoms. The molecule has 0 amide bonds. The molecule has 2 N–H and O–H groups in total. The van der Waals surface area contributed by atoms with Gasteiger partial charge in [0.1, 0.15) is 5.75 Å². The standard InChI is InChI=1S/C17H20BrNO/c1-3-11-20-16-10-5-4-9-15(16)17(2,19)13-7-6-8-14(18)12-13/h4-10,12H,3,11,19H2,1-2H3. The molecule has 0 radical (unpaired) electrons. The fourth-order valence-electron chi connectivity index (χ4n) is 2.20. The molecule has 0 saturated heterocycles. The van der Waals surface area contributed by atoms with Crippen LogP contribution in [0, 0.1) is 0 Å². The number of rotatable bonds is 5. The second-order valence-corrected chi connectivity index (χ2v) is 5.97. The van der Waals surface area contributed by atoms with Gasteiger partial charge in [-0.25, -0.2) is 0 Å². The van der Waals surface area contributed by atoms with Gasteiger partial charge in [-0.05, 0) is 37.1 Å². The van der Waals surface area contributed by atoms with Crippen LogP contribution in [-0.2, 0) is 5.54 Å². The van der Waals surface area contributed by atoms with Crippen molar-refractivity contribution in [3.8, 4) is 5.75 Å². The molecule has 2 rings (SSSR count). The van der Waals surface area contributed by atoms with Gasteiger partial charge in [0.05, 0.1) is 12.1 Å². The molecule has 2 aromatic carbocycles. The first-order valence-electron chi connectivity index (χ1n) is 6.83. The van der Waals surface area contributed by atoms with Crippen molar-refractivity contribution in [1.29, 1.82) is 0 Å². The second kappa shape index (κ2) is 6.42. The third kappa shape index (κ3) is 3.22. The SMILES string of the molecule is CCCOc1ccccc1C(C)(N)c1cccc(Br)c1. The molecule has 0 spiro atoms. The maximum atomic E-state index is 6.60. The van der Waals surface area contributed by atoms with Gasteiger partial charge in [-0.1, -0.05) is 53.2 Å². The van der Waals surface area contributed by atoms with E-state index in [2.05, 4.69) is 28.9 Å². The maximum Gasteiger partial charge on any atom is 0.124 e. The predicted molar refractivity (Wildman–Crippen MR) is 87.0 cm³/mol. The first-order chi connectivity index (χ1) is 9.55. The molecule has 0 aliphatic rings. The van der Waals surface area contributed by atoms with E-state index in [0.29, 0.717) is 6.61 Å². The number of para-hydroxylation sites is 1. The molecular weight excluding hydrogens is 314 g/mol. The number of benzene rings is 2. The summed E-state index contributed by atoms with van der Waals surface area (Å²) in [7, 11) is 0. The Balaban J connectivity index is 2.43. The van der Waals surface area contributed by atoms with E-state index >= 15 is 0 Å². The van der Waals surface area contributed by atoms with Crippen LogP contribution in [0.2, 0.25) is 0 Å². The highest BCUT2D eigenvalue weighted by Gasteiger charge is 2.27. The minimum Gasteiger partial charge on any atom is -0.493 e. The average molecular weight is 334 g/mol. The topological polar surface area (TPSA) is 35.2 Å². The van der Waals surface area contributed by atoms with Crippen LogP contribution in [0.4, 0.5) is 0 Å². The smallest absolute Gasteiger partial charge is 0.124 e. The van der Waals surface area contributed by atoms with Gasteiger partial charge in [-0.15, -0.1) is 0 Å². The molecule has 0 saturated carbocycles. The molecule has 3 heteroatoms. The minimum atomic E-state index is -0.589. The van der Waals surface area contributed by atoms with Crippen molar-refractivity contribution < 1.29 is 4.74 Å². The zero-order valence-electron chi connectivity index (χ0n) is 11.9. The summed E-state index contributed by atoms with van der Waals surface area (Å²) in [5.74, 6) is 0.860. The van der Waals surface area contributed by atoms with Crippen molar-refractivity contribution in [1.82, 2.24) is 0 Å². The normalized spacial score (nSPS) is 13.8. The van der Waals surface area contributed by atoms with Gasteiger partial charge in [-0.3, -0.25) is 0 Å². The lowest BCUT2D eigenvalue weighted by Crippen LogP contribution is -2.34. The van der Waals surface area contributed by atoms with Gasteiger partial charge < -0.3 is 10.5 Å². The van der Waals surface area contributed by atoms with E-state index in [1.54, 1.807) is 0 Å². The van der Waals surface area contributed by atoms with Crippen LogP contribution in [0.25, 0.3) is 0 Å². The fourth-order valence-corrected chi connectivity index (χ4v) is 2.60. The largest absolute Gasteiger partial charge is 0.493 e. The zero-order valence-corrected chi connectivity index (χ0v) is 13.5. The van der Waals surface area contributed by atoms with E-state index in [1.807, 2.05) is 49.4 Å². The number of ether oxygens (including phenoxy) is 1. The molecule has 0 aromatic heterocycles. The fraction of sp³-hybridized carbons (Fsp3) is 0.294. The first-order valence-corrected chi connectivity index (χ1v) is 7.62. The number of nitrogens with two attached hydrogens (primary N) is 1. The molecule has 20 heavy (non-hydrogen) atoms. The highest BCUT2D eigenvalue weighted by Crippen LogP contribution is 2.34. The summed E-state index contributed by atoms with van der Waals surface area (Å²) < 4.78 is 6.86. The van der Waals surface area contributed by atoms with Gasteiger partial charge >= 0.3 is 0 Å². The summed E-state index contributed by atoms with van der Waals surface area (Å²) in [4.78, 5) is 0. The lowest BCUT2D eigenvalue weighted by molar-refractivity contribution is 0.309. The van der Waals surface area contributed by atoms with E-state index in [9.17, 15) is 0 Å². The number of halogens is 1. The summed E-state index contributed by atoms with van der Waals surface area (Å²) in [5, 5.41) is 0. The van der Waals surface area contributed by atoms with E-state index in [1.165, 1.54) is 0 Å². The Hall–Kier alpha value is -1.32. The van der Waals surface area contributed by atoms with E-state index in [4.69, 9.17) is 10.5 Å². The average Bonchev–Trinajstić information content (AvgIpc) is 2.45. The van der Waals surface area contributed by atoms with Crippen LogP contribution < -0.4 is 10.5 Å². The summed E-state index contributed by atoms with van der Waals surface area (Å²) in [6.45, 7) is 4.81. The molecule has 106 valence electrons. The Bertz CT molecular complexity index is 581. The molecule has 2 nitrogen and oxygen atoms in total. The Morgan fingerprint density at radius 2 is 1.90 bits per heavy atom. The first kappa shape index (κ1) is 15.1. The Morgan fingerprint density at radius 3 is 2.60 bits per heavy atom. The van der Waals surface area contributed by atoms with Crippen molar-refractivity contribution in [2.45, 2.75) is 25.8 Å². The van der Waals surface area contributed by atoms with Crippen LogP contribution >= 0.6 is 15.9 Å². The van der Waals surface area contributed by atoms with Crippen LogP contribution in [0.5, 0.6) is 5.75 Å². The van der Waals surface area contributed by atoms with Gasteiger partial charge in [-0.2, -0.15) is 0 Å². The van der Waals surface area contributed by atoms with Gasteiger partial charge in [0.25, 0.3) is 0 Å². The van der Waals surface area contributed by atoms with Gasteiger partial charge in [0, 0.05) is 10.0 Å². The van der Waals surface area contributed by atoms with E-state index in [-0.39, 0.29) is 0 Å². The van der Waals surface area contributed by atoms with Crippen molar-refractivity contribution in [2.75, 3.05) is 6.61 Å². The Kier molecular flexibility index (Phi) is 4.84. The van der Waals surface area contributed by atoms with Crippen LogP contribution in [0.1, 0.15) is 31.4 Å². The summed E-state index contributed by atoms with van der Waals surface area (Å²) >= 11 is 3.50. The summed E-state index contributed by atoms with van der Waals surface area (Å²) in [6, 6.07) is 16.1. The van der Waals surface area contributed by atoms with Crippen LogP contribution in [-0.4, -0.2) is 6.61 Å². The highest BCUT2D eigenvalue weighted by atomic mass is 79.9. The van der Waals surface area contributed by atoms with Crippen molar-refractivity contribution in [3.05, 3.63) is 64.1 Å². The quantitative estimate of drug-likeness (QED) is 0.876. The summed E-state index contributed by atoms with van der Waals surface area (Å²) in [6.07, 6.45) is 0.979. The predicted octanol–water partition coefficient (Wildman–Crippen LogP) is 4.46. The summed E-state index contributed by atoms with van der Waals surface area (Å²) in [5.41, 5.74) is 8.07. The molecule has 2 aromatic rings. The monoisotopic (exact) mass is 333 g/mol. The molecule has 1 unspecified atom stereocenters. The Morgan fingerprint density at radius 1 is 1.15 bits per heavy atom. The molecule has 0 aliphatic heterocycles. The Labute approximate surface area is 129 Å². The lowest BCUT2D eigenvalue weighted by atomic mass is 9.85. The third-order valence-corrected chi connectivity index (χ3v) is 3.83. The molecule has 0 aliphatic carbocycles. The van der Waals surface area contributed by atoms with Crippen molar-refractivity contribution >= 4 is 15.9 Å². The molecular formula is C17H20BrNO. The van der Waals surface area contributed by atoms with Gasteiger partial charge in [0.2, 0.25) is 0 Å². The molecule has 0 heterocycles. The number of hydrogen-bond donors (Lipinski definition) is 1. The van der Waals surface area contributed by atoms with Gasteiger partial charge in [0.15, 0.2) is 0 Å². The van der Waals surface area contributed by atoms with Crippen LogP contribution in [0.3, 0.4) is 0 Å². The van der Waals surface area contributed by atoms with Crippen molar-refractivity contribution in [3.63, 3.8) is 0 Å². The zero-order chi connectivity index (χ0) is 14.6. The number of hydrogen-bond acceptors (Lipinski definition) is 2. The lowest BCUT2D eigenvalue weighted by Gasteiger charge is -2.28. The van der Waals surface area contributed by atoms with Crippen molar-refractivity contribution in [2.24, 2.45) is 5.73 Å². The van der Waals surface area contributed by atoms with E-state index < -0.39 is 5.54 Å². The third-order valence-electron chi connectivity index (χ3n) is 3.33. The molecule has 0 fully saturated rings. The maximum absolute atomic E-state index is 6.60. The highest BCUT2D eigenvalue weighted by molar-refractivity contribution is 9.10. The second-order valence-electron chi connectivity index (χ2n) is 5.06. The van der Waals surface area contributed by atoms with Crippen LogP contribution in [0.15, 0.2) is 53.0 Å². The van der Waals surface area contributed by atoms with E-state index in [0.717, 1.165) is 27.8 Å². The minimum absolute atomic E-state index is 0.589. The molecule has 1 atom stereocenters.